The van der Waals surface area contributed by atoms with Crippen LogP contribution in [0.1, 0.15) is 18.4 Å². The molecule has 0 aromatic heterocycles. The van der Waals surface area contributed by atoms with Gasteiger partial charge in [-0.3, -0.25) is 4.79 Å². The lowest BCUT2D eigenvalue weighted by Gasteiger charge is -2.34. The molecule has 0 saturated carbocycles. The first-order valence-corrected chi connectivity index (χ1v) is 6.73. The molecule has 1 atom stereocenters. The molecule has 0 spiro atoms. The molecule has 0 aliphatic carbocycles. The molecule has 6 heteroatoms. The monoisotopic (exact) mass is 292 g/mol. The number of hydrogen-bond donors (Lipinski definition) is 2. The minimum Gasteiger partial charge on any atom is -0.478 e. The highest BCUT2D eigenvalue weighted by molar-refractivity contribution is 5.87. The quantitative estimate of drug-likeness (QED) is 0.826. The second kappa shape index (κ2) is 6.39. The summed E-state index contributed by atoms with van der Waals surface area (Å²) in [5.74, 6) is -2.24. The number of hydrogen-bond acceptors (Lipinski definition) is 3. The predicted molar refractivity (Wildman–Crippen MR) is 77.2 cm³/mol. The van der Waals surface area contributed by atoms with Gasteiger partial charge in [0.25, 0.3) is 0 Å². The van der Waals surface area contributed by atoms with Crippen LogP contribution in [0.2, 0.25) is 0 Å². The maximum atomic E-state index is 14.1. The van der Waals surface area contributed by atoms with Crippen LogP contribution in [-0.2, 0) is 9.59 Å². The fourth-order valence-electron chi connectivity index (χ4n) is 2.57. The first-order chi connectivity index (χ1) is 9.99. The molecule has 3 N–H and O–H groups in total. The van der Waals surface area contributed by atoms with Crippen LogP contribution in [0.5, 0.6) is 0 Å². The van der Waals surface area contributed by atoms with Gasteiger partial charge >= 0.3 is 5.97 Å². The molecule has 0 bridgehead atoms. The van der Waals surface area contributed by atoms with Crippen molar-refractivity contribution in [1.82, 2.24) is 0 Å². The molecular weight excluding hydrogens is 275 g/mol. The maximum absolute atomic E-state index is 14.1. The number of anilines is 1. The fourth-order valence-corrected chi connectivity index (χ4v) is 2.57. The smallest absolute Gasteiger partial charge is 0.328 e. The number of halogens is 1. The van der Waals surface area contributed by atoms with Gasteiger partial charge in [0.05, 0.1) is 11.6 Å². The van der Waals surface area contributed by atoms with Crippen molar-refractivity contribution in [1.29, 1.82) is 0 Å². The Morgan fingerprint density at radius 3 is 2.86 bits per heavy atom. The van der Waals surface area contributed by atoms with Crippen LogP contribution in [0.3, 0.4) is 0 Å². The number of carboxylic acids is 1. The molecule has 1 aliphatic heterocycles. The highest BCUT2D eigenvalue weighted by Crippen LogP contribution is 2.30. The number of aliphatic carboxylic acids is 1. The Balaban J connectivity index is 2.33. The van der Waals surface area contributed by atoms with Gasteiger partial charge in [0, 0.05) is 24.7 Å². The Morgan fingerprint density at radius 2 is 2.19 bits per heavy atom. The summed E-state index contributed by atoms with van der Waals surface area (Å²) in [6.07, 6.45) is 3.76. The number of rotatable bonds is 4. The maximum Gasteiger partial charge on any atom is 0.328 e. The van der Waals surface area contributed by atoms with Crippen molar-refractivity contribution < 1.29 is 19.1 Å². The van der Waals surface area contributed by atoms with Gasteiger partial charge in [-0.2, -0.15) is 0 Å². The van der Waals surface area contributed by atoms with Crippen molar-refractivity contribution in [3.8, 4) is 0 Å². The van der Waals surface area contributed by atoms with Crippen LogP contribution in [0.15, 0.2) is 24.3 Å². The number of carboxylic acid groups (broad SMARTS) is 1. The van der Waals surface area contributed by atoms with E-state index in [1.807, 2.05) is 0 Å². The number of nitrogens with zero attached hydrogens (tertiary/aromatic N) is 1. The Labute approximate surface area is 121 Å². The summed E-state index contributed by atoms with van der Waals surface area (Å²) < 4.78 is 14.1. The third-order valence-electron chi connectivity index (χ3n) is 3.56. The zero-order chi connectivity index (χ0) is 15.4. The predicted octanol–water partition coefficient (Wildman–Crippen LogP) is 1.63. The van der Waals surface area contributed by atoms with Gasteiger partial charge in [0.1, 0.15) is 5.82 Å². The normalized spacial score (nSPS) is 18.9. The highest BCUT2D eigenvalue weighted by Gasteiger charge is 2.26. The molecule has 1 aliphatic rings. The summed E-state index contributed by atoms with van der Waals surface area (Å²) in [4.78, 5) is 23.7. The van der Waals surface area contributed by atoms with E-state index in [0.717, 1.165) is 12.5 Å². The minimum atomic E-state index is -1.10. The Kier molecular flexibility index (Phi) is 4.57. The number of piperidine rings is 1. The fraction of sp³-hybridized carbons (Fsp3) is 0.333. The summed E-state index contributed by atoms with van der Waals surface area (Å²) in [6, 6.07) is 4.49. The van der Waals surface area contributed by atoms with Crippen molar-refractivity contribution in [2.75, 3.05) is 18.0 Å². The number of benzene rings is 1. The number of amides is 1. The average molecular weight is 292 g/mol. The Hall–Kier alpha value is -2.37. The lowest BCUT2D eigenvalue weighted by Crippen LogP contribution is -2.41. The molecule has 1 fully saturated rings. The molecule has 1 saturated heterocycles. The first-order valence-electron chi connectivity index (χ1n) is 6.73. The molecule has 1 aromatic carbocycles. The van der Waals surface area contributed by atoms with E-state index in [4.69, 9.17) is 10.8 Å². The number of carbonyl (C=O) groups is 2. The standard InChI is InChI=1S/C15H17FN2O3/c16-12-5-1-3-10(6-7-13(19)20)14(12)18-8-2-4-11(9-18)15(17)21/h1,3,5-7,11H,2,4,8-9H2,(H2,17,21)(H,19,20)/b7-6+. The van der Waals surface area contributed by atoms with Crippen LogP contribution < -0.4 is 10.6 Å². The molecule has 5 nitrogen and oxygen atoms in total. The van der Waals surface area contributed by atoms with Crippen LogP contribution in [0, 0.1) is 11.7 Å². The molecule has 112 valence electrons. The number of para-hydroxylation sites is 1. The summed E-state index contributed by atoms with van der Waals surface area (Å²) in [5.41, 5.74) is 6.13. The van der Waals surface area contributed by atoms with E-state index in [0.29, 0.717) is 30.8 Å². The third-order valence-corrected chi connectivity index (χ3v) is 3.56. The van der Waals surface area contributed by atoms with Crippen molar-refractivity contribution >= 4 is 23.6 Å². The van der Waals surface area contributed by atoms with Crippen molar-refractivity contribution in [3.05, 3.63) is 35.7 Å². The van der Waals surface area contributed by atoms with E-state index in [1.165, 1.54) is 18.2 Å². The lowest BCUT2D eigenvalue weighted by atomic mass is 9.96. The van der Waals surface area contributed by atoms with E-state index >= 15 is 0 Å². The van der Waals surface area contributed by atoms with Crippen molar-refractivity contribution in [3.63, 3.8) is 0 Å². The van der Waals surface area contributed by atoms with Gasteiger partial charge in [-0.05, 0) is 25.0 Å². The molecule has 1 aromatic rings. The van der Waals surface area contributed by atoms with Gasteiger partial charge in [0.2, 0.25) is 5.91 Å². The topological polar surface area (TPSA) is 83.6 Å². The van der Waals surface area contributed by atoms with E-state index in [1.54, 1.807) is 11.0 Å². The van der Waals surface area contributed by atoms with E-state index in [-0.39, 0.29) is 5.92 Å². The van der Waals surface area contributed by atoms with Crippen LogP contribution in [0.25, 0.3) is 6.08 Å². The molecule has 1 amide bonds. The first kappa shape index (κ1) is 15.0. The lowest BCUT2D eigenvalue weighted by molar-refractivity contribution is -0.131. The summed E-state index contributed by atoms with van der Waals surface area (Å²) >= 11 is 0. The minimum absolute atomic E-state index is 0.311. The second-order valence-corrected chi connectivity index (χ2v) is 5.04. The molecular formula is C15H17FN2O3. The Morgan fingerprint density at radius 1 is 1.43 bits per heavy atom. The molecule has 21 heavy (non-hydrogen) atoms. The van der Waals surface area contributed by atoms with Crippen LogP contribution >= 0.6 is 0 Å². The van der Waals surface area contributed by atoms with E-state index in [9.17, 15) is 14.0 Å². The molecule has 2 rings (SSSR count). The van der Waals surface area contributed by atoms with Gasteiger partial charge in [-0.25, -0.2) is 9.18 Å². The van der Waals surface area contributed by atoms with Gasteiger partial charge in [-0.1, -0.05) is 12.1 Å². The molecule has 0 radical (unpaired) electrons. The molecule has 1 unspecified atom stereocenters. The number of primary amides is 1. The number of nitrogens with two attached hydrogens (primary N) is 1. The second-order valence-electron chi connectivity index (χ2n) is 5.04. The van der Waals surface area contributed by atoms with Gasteiger partial charge < -0.3 is 15.7 Å². The Bertz CT molecular complexity index is 586. The SMILES string of the molecule is NC(=O)C1CCCN(c2c(F)cccc2/C=C/C(=O)O)C1. The highest BCUT2D eigenvalue weighted by atomic mass is 19.1. The largest absolute Gasteiger partial charge is 0.478 e. The van der Waals surface area contributed by atoms with Crippen molar-refractivity contribution in [2.45, 2.75) is 12.8 Å². The zero-order valence-corrected chi connectivity index (χ0v) is 11.5. The van der Waals surface area contributed by atoms with Crippen molar-refractivity contribution in [2.24, 2.45) is 11.7 Å². The van der Waals surface area contributed by atoms with Gasteiger partial charge in [-0.15, -0.1) is 0 Å². The van der Waals surface area contributed by atoms with E-state index in [2.05, 4.69) is 0 Å². The molecule has 1 heterocycles. The zero-order valence-electron chi connectivity index (χ0n) is 11.5. The van der Waals surface area contributed by atoms with Crippen LogP contribution in [0.4, 0.5) is 10.1 Å². The van der Waals surface area contributed by atoms with Gasteiger partial charge in [0.15, 0.2) is 0 Å². The third kappa shape index (κ3) is 3.59. The average Bonchev–Trinajstić information content (AvgIpc) is 2.45. The van der Waals surface area contributed by atoms with E-state index < -0.39 is 17.7 Å². The summed E-state index contributed by atoms with van der Waals surface area (Å²) in [6.45, 7) is 0.961. The summed E-state index contributed by atoms with van der Waals surface area (Å²) in [7, 11) is 0. The van der Waals surface area contributed by atoms with Crippen LogP contribution in [-0.4, -0.2) is 30.1 Å². The summed E-state index contributed by atoms with van der Waals surface area (Å²) in [5, 5.41) is 8.70. The number of carbonyl (C=O) groups excluding carboxylic acids is 1.